The molecule has 1 aromatic carbocycles. The van der Waals surface area contributed by atoms with Crippen molar-refractivity contribution in [2.45, 2.75) is 12.2 Å². The summed E-state index contributed by atoms with van der Waals surface area (Å²) in [7, 11) is 1.36. The Morgan fingerprint density at radius 1 is 1.22 bits per heavy atom. The van der Waals surface area contributed by atoms with Crippen molar-refractivity contribution < 1.29 is 14.3 Å². The number of hydrogen-bond acceptors (Lipinski definition) is 5. The van der Waals surface area contributed by atoms with E-state index in [1.165, 1.54) is 30.6 Å². The second-order valence-electron chi connectivity index (χ2n) is 3.53. The van der Waals surface area contributed by atoms with E-state index in [-0.39, 0.29) is 11.1 Å². The Morgan fingerprint density at radius 3 is 2.61 bits per heavy atom. The van der Waals surface area contributed by atoms with E-state index in [4.69, 9.17) is 0 Å². The first-order valence-electron chi connectivity index (χ1n) is 5.56. The molecule has 0 aliphatic heterocycles. The smallest absolute Gasteiger partial charge is 0.315 e. The Kier molecular flexibility index (Phi) is 7.60. The highest BCUT2D eigenvalue weighted by atomic mass is 32.2. The van der Waals surface area contributed by atoms with Crippen LogP contribution in [0, 0.1) is 0 Å². The zero-order valence-electron chi connectivity index (χ0n) is 10.3. The molecule has 0 heterocycles. The van der Waals surface area contributed by atoms with Crippen LogP contribution in [-0.4, -0.2) is 29.7 Å². The van der Waals surface area contributed by atoms with Crippen molar-refractivity contribution in [1.82, 2.24) is 0 Å². The molecule has 5 heteroatoms. The van der Waals surface area contributed by atoms with Gasteiger partial charge >= 0.3 is 5.97 Å². The maximum Gasteiger partial charge on any atom is 0.315 e. The first kappa shape index (κ1) is 15.1. The highest BCUT2D eigenvalue weighted by Gasteiger charge is 2.05. The quantitative estimate of drug-likeness (QED) is 0.569. The molecule has 0 aliphatic carbocycles. The zero-order valence-corrected chi connectivity index (χ0v) is 11.9. The van der Waals surface area contributed by atoms with Crippen molar-refractivity contribution in [2.75, 3.05) is 18.6 Å². The Balaban J connectivity index is 2.09. The van der Waals surface area contributed by atoms with Gasteiger partial charge in [0.05, 0.1) is 12.9 Å². The van der Waals surface area contributed by atoms with Crippen LogP contribution in [0.1, 0.15) is 12.0 Å². The van der Waals surface area contributed by atoms with Crippen LogP contribution in [0.4, 0.5) is 0 Å². The lowest BCUT2D eigenvalue weighted by atomic mass is 10.2. The minimum absolute atomic E-state index is 0.163. The van der Waals surface area contributed by atoms with Gasteiger partial charge < -0.3 is 4.74 Å². The van der Waals surface area contributed by atoms with Gasteiger partial charge in [0.1, 0.15) is 0 Å². The summed E-state index contributed by atoms with van der Waals surface area (Å²) in [6, 6.07) is 9.90. The summed E-state index contributed by atoms with van der Waals surface area (Å²) in [5.41, 5.74) is 1.15. The van der Waals surface area contributed by atoms with E-state index in [2.05, 4.69) is 4.74 Å². The molecule has 0 N–H and O–H groups in total. The maximum absolute atomic E-state index is 11.6. The number of thioether (sulfide) groups is 2. The average molecular weight is 284 g/mol. The van der Waals surface area contributed by atoms with Crippen molar-refractivity contribution in [2.24, 2.45) is 0 Å². The normalized spacial score (nSPS) is 10.1. The molecule has 98 valence electrons. The zero-order chi connectivity index (χ0) is 13.2. The van der Waals surface area contributed by atoms with Crippen molar-refractivity contribution in [3.8, 4) is 0 Å². The fourth-order valence-corrected chi connectivity index (χ4v) is 2.83. The number of esters is 1. The van der Waals surface area contributed by atoms with Gasteiger partial charge in [-0.2, -0.15) is 0 Å². The van der Waals surface area contributed by atoms with Gasteiger partial charge in [-0.25, -0.2) is 0 Å². The van der Waals surface area contributed by atoms with E-state index in [1.54, 1.807) is 0 Å². The van der Waals surface area contributed by atoms with Crippen LogP contribution in [0.25, 0.3) is 0 Å². The molecule has 0 spiro atoms. The van der Waals surface area contributed by atoms with Gasteiger partial charge in [-0.3, -0.25) is 9.59 Å². The topological polar surface area (TPSA) is 43.4 Å². The number of carbonyl (C=O) groups is 2. The monoisotopic (exact) mass is 284 g/mol. The number of methoxy groups -OCH3 is 1. The van der Waals surface area contributed by atoms with Gasteiger partial charge in [0.2, 0.25) is 0 Å². The number of benzene rings is 1. The Labute approximate surface area is 116 Å². The third-order valence-corrected chi connectivity index (χ3v) is 4.08. The fraction of sp³-hybridized carbons (Fsp3) is 0.385. The lowest BCUT2D eigenvalue weighted by molar-refractivity contribution is -0.137. The summed E-state index contributed by atoms with van der Waals surface area (Å²) in [5, 5.41) is 0.163. The third-order valence-electron chi connectivity index (χ3n) is 2.14. The lowest BCUT2D eigenvalue weighted by Gasteiger charge is -2.01. The molecule has 0 unspecified atom stereocenters. The van der Waals surface area contributed by atoms with Crippen LogP contribution in [-0.2, 0) is 20.1 Å². The Morgan fingerprint density at radius 2 is 1.94 bits per heavy atom. The number of hydrogen-bond donors (Lipinski definition) is 0. The van der Waals surface area contributed by atoms with E-state index in [9.17, 15) is 9.59 Å². The molecule has 0 saturated heterocycles. The average Bonchev–Trinajstić information content (AvgIpc) is 2.42. The van der Waals surface area contributed by atoms with Crippen molar-refractivity contribution in [3.05, 3.63) is 35.9 Å². The molecule has 1 aromatic rings. The SMILES string of the molecule is COC(=O)CSCCC(=O)SCc1ccccc1. The maximum atomic E-state index is 11.6. The van der Waals surface area contributed by atoms with Gasteiger partial charge in [-0.1, -0.05) is 42.1 Å². The number of rotatable bonds is 7. The van der Waals surface area contributed by atoms with Crippen molar-refractivity contribution >= 4 is 34.6 Å². The largest absolute Gasteiger partial charge is 0.468 e. The van der Waals surface area contributed by atoms with Crippen LogP contribution in [0.2, 0.25) is 0 Å². The van der Waals surface area contributed by atoms with Crippen LogP contribution in [0.5, 0.6) is 0 Å². The summed E-state index contributed by atoms with van der Waals surface area (Å²) in [6.45, 7) is 0. The van der Waals surface area contributed by atoms with Crippen LogP contribution < -0.4 is 0 Å². The van der Waals surface area contributed by atoms with Crippen LogP contribution in [0.15, 0.2) is 30.3 Å². The highest BCUT2D eigenvalue weighted by Crippen LogP contribution is 2.15. The fourth-order valence-electron chi connectivity index (χ4n) is 1.18. The summed E-state index contributed by atoms with van der Waals surface area (Å²) in [5.74, 6) is 1.44. The molecule has 0 bridgehead atoms. The molecule has 18 heavy (non-hydrogen) atoms. The Bertz CT molecular complexity index is 379. The standard InChI is InChI=1S/C13H16O3S2/c1-16-12(14)10-17-8-7-13(15)18-9-11-5-3-2-4-6-11/h2-6H,7-10H2,1H3. The highest BCUT2D eigenvalue weighted by molar-refractivity contribution is 8.13. The summed E-state index contributed by atoms with van der Waals surface area (Å²) in [4.78, 5) is 22.4. The molecule has 0 fully saturated rings. The van der Waals surface area contributed by atoms with Gasteiger partial charge in [0.25, 0.3) is 0 Å². The summed E-state index contributed by atoms with van der Waals surface area (Å²) >= 11 is 2.75. The molecule has 0 aliphatic rings. The second kappa shape index (κ2) is 9.05. The molecule has 0 atom stereocenters. The predicted octanol–water partition coefficient (Wildman–Crippen LogP) is 2.74. The van der Waals surface area contributed by atoms with E-state index >= 15 is 0 Å². The van der Waals surface area contributed by atoms with Gasteiger partial charge in [0.15, 0.2) is 5.12 Å². The van der Waals surface area contributed by atoms with Crippen LogP contribution in [0.3, 0.4) is 0 Å². The van der Waals surface area contributed by atoms with Crippen molar-refractivity contribution in [1.29, 1.82) is 0 Å². The van der Waals surface area contributed by atoms with Crippen LogP contribution >= 0.6 is 23.5 Å². The van der Waals surface area contributed by atoms with Gasteiger partial charge in [-0.05, 0) is 5.56 Å². The molecule has 0 radical (unpaired) electrons. The first-order chi connectivity index (χ1) is 8.72. The molecule has 0 aromatic heterocycles. The molecule has 0 saturated carbocycles. The van der Waals surface area contributed by atoms with Gasteiger partial charge in [-0.15, -0.1) is 11.8 Å². The van der Waals surface area contributed by atoms with Crippen molar-refractivity contribution in [3.63, 3.8) is 0 Å². The molecule has 0 amide bonds. The van der Waals surface area contributed by atoms with E-state index in [0.717, 1.165) is 5.56 Å². The van der Waals surface area contributed by atoms with Gasteiger partial charge in [0, 0.05) is 17.9 Å². The van der Waals surface area contributed by atoms with E-state index < -0.39 is 0 Å². The first-order valence-corrected chi connectivity index (χ1v) is 7.70. The number of carbonyl (C=O) groups excluding carboxylic acids is 2. The van der Waals surface area contributed by atoms with E-state index in [1.807, 2.05) is 30.3 Å². The lowest BCUT2D eigenvalue weighted by Crippen LogP contribution is -2.04. The minimum atomic E-state index is -0.246. The second-order valence-corrected chi connectivity index (χ2v) is 5.66. The molecule has 3 nitrogen and oxygen atoms in total. The number of ether oxygens (including phenoxy) is 1. The van der Waals surface area contributed by atoms with E-state index in [0.29, 0.717) is 23.7 Å². The molecular weight excluding hydrogens is 268 g/mol. The third kappa shape index (κ3) is 6.71. The molecular formula is C13H16O3S2. The minimum Gasteiger partial charge on any atom is -0.468 e. The summed E-state index contributed by atoms with van der Waals surface area (Å²) in [6.07, 6.45) is 0.485. The Hall–Kier alpha value is -0.940. The summed E-state index contributed by atoms with van der Waals surface area (Å²) < 4.78 is 4.51. The predicted molar refractivity (Wildman–Crippen MR) is 76.7 cm³/mol. The molecule has 1 rings (SSSR count).